The highest BCUT2D eigenvalue weighted by Gasteiger charge is 2.13. The molecule has 0 unspecified atom stereocenters. The fourth-order valence-electron chi connectivity index (χ4n) is 3.62. The van der Waals surface area contributed by atoms with Gasteiger partial charge < -0.3 is 14.6 Å². The molecule has 1 fully saturated rings. The molecule has 0 spiro atoms. The number of nitrogens with zero attached hydrogens (tertiary/aromatic N) is 2. The van der Waals surface area contributed by atoms with E-state index in [1.54, 1.807) is 7.11 Å². The van der Waals surface area contributed by atoms with E-state index in [1.807, 2.05) is 24.3 Å². The molecule has 1 aromatic carbocycles. The van der Waals surface area contributed by atoms with Gasteiger partial charge in [-0.2, -0.15) is 4.98 Å². The number of aryl methyl sites for hydroxylation is 1. The molecule has 27 heavy (non-hydrogen) atoms. The fourth-order valence-corrected chi connectivity index (χ4v) is 3.62. The van der Waals surface area contributed by atoms with Gasteiger partial charge in [0.2, 0.25) is 17.6 Å². The Bertz CT molecular complexity index is 706. The zero-order chi connectivity index (χ0) is 18.9. The summed E-state index contributed by atoms with van der Waals surface area (Å²) in [6, 6.07) is 7.47. The van der Waals surface area contributed by atoms with E-state index in [0.717, 1.165) is 30.2 Å². The molecule has 6 heteroatoms. The van der Waals surface area contributed by atoms with Gasteiger partial charge in [-0.3, -0.25) is 4.79 Å². The Balaban J connectivity index is 1.35. The summed E-state index contributed by atoms with van der Waals surface area (Å²) in [6.45, 7) is 0.760. The van der Waals surface area contributed by atoms with E-state index in [-0.39, 0.29) is 5.91 Å². The molecule has 0 bridgehead atoms. The van der Waals surface area contributed by atoms with Gasteiger partial charge in [-0.05, 0) is 43.0 Å². The van der Waals surface area contributed by atoms with Crippen LogP contribution in [0.3, 0.4) is 0 Å². The number of rotatable bonds is 9. The van der Waals surface area contributed by atoms with Crippen molar-refractivity contribution in [3.05, 3.63) is 30.2 Å². The quantitative estimate of drug-likeness (QED) is 0.670. The molecular formula is C21H29N3O3. The van der Waals surface area contributed by atoms with Crippen LogP contribution in [0.1, 0.15) is 57.3 Å². The monoisotopic (exact) mass is 371 g/mol. The Labute approximate surface area is 160 Å². The molecule has 1 N–H and O–H groups in total. The van der Waals surface area contributed by atoms with E-state index in [2.05, 4.69) is 15.5 Å². The molecule has 1 aliphatic rings. The zero-order valence-electron chi connectivity index (χ0n) is 16.1. The minimum Gasteiger partial charge on any atom is -0.497 e. The van der Waals surface area contributed by atoms with Crippen molar-refractivity contribution in [3.8, 4) is 17.1 Å². The normalized spacial score (nSPS) is 14.9. The lowest BCUT2D eigenvalue weighted by Crippen LogP contribution is -2.25. The molecule has 0 radical (unpaired) electrons. The van der Waals surface area contributed by atoms with Crippen molar-refractivity contribution in [2.75, 3.05) is 13.7 Å². The number of aromatic nitrogens is 2. The summed E-state index contributed by atoms with van der Waals surface area (Å²) in [4.78, 5) is 16.4. The second-order valence-electron chi connectivity index (χ2n) is 7.24. The Kier molecular flexibility index (Phi) is 7.25. The third kappa shape index (κ3) is 6.08. The summed E-state index contributed by atoms with van der Waals surface area (Å²) >= 11 is 0. The number of amides is 1. The van der Waals surface area contributed by atoms with Crippen molar-refractivity contribution in [2.24, 2.45) is 5.92 Å². The molecule has 1 heterocycles. The highest BCUT2D eigenvalue weighted by Crippen LogP contribution is 2.27. The van der Waals surface area contributed by atoms with E-state index >= 15 is 0 Å². The predicted octanol–water partition coefficient (Wildman–Crippen LogP) is 4.15. The van der Waals surface area contributed by atoms with Gasteiger partial charge in [0, 0.05) is 24.9 Å². The van der Waals surface area contributed by atoms with Crippen LogP contribution < -0.4 is 10.1 Å². The van der Waals surface area contributed by atoms with Crippen LogP contribution in [0.2, 0.25) is 0 Å². The van der Waals surface area contributed by atoms with E-state index in [1.165, 1.54) is 38.5 Å². The molecule has 0 atom stereocenters. The van der Waals surface area contributed by atoms with E-state index in [4.69, 9.17) is 9.26 Å². The van der Waals surface area contributed by atoms with Crippen molar-refractivity contribution in [1.29, 1.82) is 0 Å². The van der Waals surface area contributed by atoms with E-state index < -0.39 is 0 Å². The van der Waals surface area contributed by atoms with Gasteiger partial charge in [-0.15, -0.1) is 0 Å². The first-order valence-electron chi connectivity index (χ1n) is 9.98. The Morgan fingerprint density at radius 2 is 2.00 bits per heavy atom. The van der Waals surface area contributed by atoms with Gasteiger partial charge in [-0.25, -0.2) is 0 Å². The van der Waals surface area contributed by atoms with Gasteiger partial charge in [0.25, 0.3) is 0 Å². The first kappa shape index (κ1) is 19.4. The molecule has 6 nitrogen and oxygen atoms in total. The minimum absolute atomic E-state index is 0.0443. The molecule has 0 aliphatic heterocycles. The Morgan fingerprint density at radius 3 is 2.74 bits per heavy atom. The molecule has 1 amide bonds. The van der Waals surface area contributed by atoms with Gasteiger partial charge in [0.05, 0.1) is 7.11 Å². The molecule has 3 rings (SSSR count). The molecule has 1 saturated carbocycles. The minimum atomic E-state index is 0.0443. The lowest BCUT2D eigenvalue weighted by Gasteiger charge is -2.21. The van der Waals surface area contributed by atoms with Crippen molar-refractivity contribution in [1.82, 2.24) is 15.5 Å². The maximum atomic E-state index is 12.0. The summed E-state index contributed by atoms with van der Waals surface area (Å²) in [5, 5.41) is 6.99. The summed E-state index contributed by atoms with van der Waals surface area (Å²) in [5.74, 6) is 2.70. The standard InChI is InChI=1S/C21H29N3O3/c1-26-18-11-9-17(10-12-18)21-23-20(27-24-21)14-13-19(25)22-15-5-8-16-6-3-2-4-7-16/h9-12,16H,2-8,13-15H2,1H3,(H,22,25). The van der Waals surface area contributed by atoms with Crippen LogP contribution in [0.4, 0.5) is 0 Å². The van der Waals surface area contributed by atoms with Crippen molar-refractivity contribution >= 4 is 5.91 Å². The summed E-state index contributed by atoms with van der Waals surface area (Å²) in [5.41, 5.74) is 0.859. The molecule has 0 saturated heterocycles. The largest absolute Gasteiger partial charge is 0.497 e. The second kappa shape index (κ2) is 10.1. The third-order valence-electron chi connectivity index (χ3n) is 5.22. The van der Waals surface area contributed by atoms with Gasteiger partial charge >= 0.3 is 0 Å². The van der Waals surface area contributed by atoms with E-state index in [9.17, 15) is 4.79 Å². The molecule has 2 aromatic rings. The van der Waals surface area contributed by atoms with E-state index in [0.29, 0.717) is 24.6 Å². The maximum Gasteiger partial charge on any atom is 0.227 e. The first-order chi connectivity index (χ1) is 13.2. The fraction of sp³-hybridized carbons (Fsp3) is 0.571. The average molecular weight is 371 g/mol. The van der Waals surface area contributed by atoms with Crippen LogP contribution in [0.15, 0.2) is 28.8 Å². The van der Waals surface area contributed by atoms with Crippen LogP contribution in [-0.2, 0) is 11.2 Å². The third-order valence-corrected chi connectivity index (χ3v) is 5.22. The molecule has 146 valence electrons. The van der Waals surface area contributed by atoms with Gasteiger partial charge in [0.15, 0.2) is 0 Å². The van der Waals surface area contributed by atoms with Crippen LogP contribution in [-0.4, -0.2) is 29.7 Å². The zero-order valence-corrected chi connectivity index (χ0v) is 16.1. The Morgan fingerprint density at radius 1 is 1.22 bits per heavy atom. The summed E-state index contributed by atoms with van der Waals surface area (Å²) in [7, 11) is 1.63. The van der Waals surface area contributed by atoms with Gasteiger partial charge in [0.1, 0.15) is 5.75 Å². The summed E-state index contributed by atoms with van der Waals surface area (Å²) < 4.78 is 10.4. The lowest BCUT2D eigenvalue weighted by atomic mass is 9.86. The van der Waals surface area contributed by atoms with Crippen molar-refractivity contribution < 1.29 is 14.1 Å². The van der Waals surface area contributed by atoms with Crippen LogP contribution >= 0.6 is 0 Å². The number of ether oxygens (including phenoxy) is 1. The maximum absolute atomic E-state index is 12.0. The average Bonchev–Trinajstić information content (AvgIpc) is 3.19. The number of carbonyl (C=O) groups excluding carboxylic acids is 1. The molecule has 1 aromatic heterocycles. The number of methoxy groups -OCH3 is 1. The van der Waals surface area contributed by atoms with Crippen LogP contribution in [0, 0.1) is 5.92 Å². The van der Waals surface area contributed by atoms with Crippen LogP contribution in [0.25, 0.3) is 11.4 Å². The first-order valence-corrected chi connectivity index (χ1v) is 9.98. The lowest BCUT2D eigenvalue weighted by molar-refractivity contribution is -0.121. The molecular weight excluding hydrogens is 342 g/mol. The highest BCUT2D eigenvalue weighted by molar-refractivity contribution is 5.75. The predicted molar refractivity (Wildman–Crippen MR) is 103 cm³/mol. The molecule has 1 aliphatic carbocycles. The smallest absolute Gasteiger partial charge is 0.227 e. The number of hydrogen-bond donors (Lipinski definition) is 1. The number of carbonyl (C=O) groups is 1. The second-order valence-corrected chi connectivity index (χ2v) is 7.24. The highest BCUT2D eigenvalue weighted by atomic mass is 16.5. The SMILES string of the molecule is COc1ccc(-c2noc(CCC(=O)NCCCC3CCCCC3)n2)cc1. The number of hydrogen-bond acceptors (Lipinski definition) is 5. The topological polar surface area (TPSA) is 77.2 Å². The number of benzene rings is 1. The summed E-state index contributed by atoms with van der Waals surface area (Å²) in [6.07, 6.45) is 9.99. The van der Waals surface area contributed by atoms with Gasteiger partial charge in [-0.1, -0.05) is 37.3 Å². The van der Waals surface area contributed by atoms with Crippen LogP contribution in [0.5, 0.6) is 5.75 Å². The number of nitrogens with one attached hydrogen (secondary N) is 1. The Hall–Kier alpha value is -2.37. The van der Waals surface area contributed by atoms with Crippen molar-refractivity contribution in [2.45, 2.75) is 57.8 Å². The van der Waals surface area contributed by atoms with Crippen molar-refractivity contribution in [3.63, 3.8) is 0 Å².